The van der Waals surface area contributed by atoms with Crippen LogP contribution in [-0.2, 0) is 26.2 Å². The van der Waals surface area contributed by atoms with Crippen molar-refractivity contribution in [3.05, 3.63) is 66.0 Å². The molecular weight excluding hydrogens is 421 g/mol. The minimum absolute atomic E-state index is 0.149. The minimum atomic E-state index is -3.83. The highest BCUT2D eigenvalue weighted by molar-refractivity contribution is 7.92. The Balaban J connectivity index is 2.39. The van der Waals surface area contributed by atoms with Crippen LogP contribution in [0.15, 0.2) is 54.6 Å². The maximum atomic E-state index is 13.3. The first-order valence-corrected chi connectivity index (χ1v) is 11.9. The lowest BCUT2D eigenvalue weighted by molar-refractivity contribution is -0.140. The summed E-state index contributed by atoms with van der Waals surface area (Å²) in [4.78, 5) is 27.3. The molecule has 7 nitrogen and oxygen atoms in total. The fraction of sp³-hybridized carbons (Fsp3) is 0.364. The summed E-state index contributed by atoms with van der Waals surface area (Å²) in [5.74, 6) is -1.35. The van der Waals surface area contributed by atoms with E-state index in [0.29, 0.717) is 13.0 Å². The second kappa shape index (κ2) is 10.9. The molecule has 1 atom stereocenters. The predicted octanol–water partition coefficient (Wildman–Crippen LogP) is 2.54. The van der Waals surface area contributed by atoms with Gasteiger partial charge in [0.05, 0.1) is 11.9 Å². The monoisotopic (exact) mass is 449 g/mol. The van der Waals surface area contributed by atoms with Crippen molar-refractivity contribution >= 4 is 27.5 Å². The van der Waals surface area contributed by atoms with Gasteiger partial charge < -0.3 is 10.2 Å². The molecule has 2 aromatic carbocycles. The summed E-state index contributed by atoms with van der Waals surface area (Å²) in [6, 6.07) is 13.3. The van der Waals surface area contributed by atoms with Gasteiger partial charge in [-0.15, -0.1) is 0 Å². The van der Waals surface area contributed by atoms with Gasteiger partial charge >= 0.3 is 0 Å². The number of nitrogens with zero attached hydrogens (tertiary/aromatic N) is 2. The summed E-state index contributed by atoms with van der Waals surface area (Å²) < 4.78 is 39.0. The van der Waals surface area contributed by atoms with E-state index in [4.69, 9.17) is 0 Å². The van der Waals surface area contributed by atoms with Crippen molar-refractivity contribution in [1.82, 2.24) is 10.2 Å². The SMILES string of the molecule is CCNC(=O)[C@@H](CC)N(Cc1ccccc1)C(=O)CN(c1ccc(F)cc1)S(C)(=O)=O. The highest BCUT2D eigenvalue weighted by Gasteiger charge is 2.31. The van der Waals surface area contributed by atoms with Crippen LogP contribution in [0.25, 0.3) is 0 Å². The highest BCUT2D eigenvalue weighted by atomic mass is 32.2. The van der Waals surface area contributed by atoms with Gasteiger partial charge in [-0.3, -0.25) is 13.9 Å². The lowest BCUT2D eigenvalue weighted by Gasteiger charge is -2.32. The molecule has 0 aliphatic rings. The van der Waals surface area contributed by atoms with Gasteiger partial charge in [0.1, 0.15) is 18.4 Å². The van der Waals surface area contributed by atoms with E-state index in [0.717, 1.165) is 28.3 Å². The molecule has 168 valence electrons. The van der Waals surface area contributed by atoms with Crippen molar-refractivity contribution in [3.63, 3.8) is 0 Å². The zero-order chi connectivity index (χ0) is 23.0. The van der Waals surface area contributed by atoms with Crippen LogP contribution < -0.4 is 9.62 Å². The molecular formula is C22H28FN3O4S. The molecule has 0 aliphatic carbocycles. The summed E-state index contributed by atoms with van der Waals surface area (Å²) in [7, 11) is -3.83. The molecule has 0 spiro atoms. The van der Waals surface area contributed by atoms with Crippen LogP contribution in [0, 0.1) is 5.82 Å². The number of amides is 2. The lowest BCUT2D eigenvalue weighted by atomic mass is 10.1. The summed E-state index contributed by atoms with van der Waals surface area (Å²) in [5, 5.41) is 2.73. The van der Waals surface area contributed by atoms with Crippen LogP contribution in [0.2, 0.25) is 0 Å². The highest BCUT2D eigenvalue weighted by Crippen LogP contribution is 2.20. The topological polar surface area (TPSA) is 86.8 Å². The van der Waals surface area contributed by atoms with E-state index in [2.05, 4.69) is 5.32 Å². The third kappa shape index (κ3) is 6.78. The Morgan fingerprint density at radius 3 is 2.16 bits per heavy atom. The molecule has 31 heavy (non-hydrogen) atoms. The number of hydrogen-bond acceptors (Lipinski definition) is 4. The maximum absolute atomic E-state index is 13.3. The smallest absolute Gasteiger partial charge is 0.244 e. The van der Waals surface area contributed by atoms with Gasteiger partial charge in [0, 0.05) is 13.1 Å². The molecule has 1 N–H and O–H groups in total. The number of nitrogens with one attached hydrogen (secondary N) is 1. The largest absolute Gasteiger partial charge is 0.355 e. The summed E-state index contributed by atoms with van der Waals surface area (Å²) >= 11 is 0. The van der Waals surface area contributed by atoms with Gasteiger partial charge in [-0.25, -0.2) is 12.8 Å². The first-order valence-electron chi connectivity index (χ1n) is 10.0. The molecule has 0 aliphatic heterocycles. The summed E-state index contributed by atoms with van der Waals surface area (Å²) in [6.45, 7) is 3.63. The van der Waals surface area contributed by atoms with Gasteiger partial charge in [-0.05, 0) is 43.2 Å². The molecule has 0 unspecified atom stereocenters. The van der Waals surface area contributed by atoms with Crippen LogP contribution >= 0.6 is 0 Å². The number of carbonyl (C=O) groups is 2. The number of rotatable bonds is 10. The van der Waals surface area contributed by atoms with E-state index in [1.54, 1.807) is 13.8 Å². The van der Waals surface area contributed by atoms with Crippen molar-refractivity contribution in [3.8, 4) is 0 Å². The van der Waals surface area contributed by atoms with Gasteiger partial charge in [-0.2, -0.15) is 0 Å². The number of sulfonamides is 1. The zero-order valence-electron chi connectivity index (χ0n) is 17.9. The van der Waals surface area contributed by atoms with Crippen LogP contribution in [0.5, 0.6) is 0 Å². The standard InChI is InChI=1S/C22H28FN3O4S/c1-4-20(22(28)24-5-2)25(15-17-9-7-6-8-10-17)21(27)16-26(31(3,29)30)19-13-11-18(23)12-14-19/h6-14,20H,4-5,15-16H2,1-3H3,(H,24,28)/t20-/m1/s1. The first-order chi connectivity index (χ1) is 14.7. The third-order valence-electron chi connectivity index (χ3n) is 4.73. The van der Waals surface area contributed by atoms with Crippen molar-refractivity contribution in [2.24, 2.45) is 0 Å². The normalized spacial score (nSPS) is 12.1. The Bertz CT molecular complexity index is 982. The zero-order valence-corrected chi connectivity index (χ0v) is 18.7. The molecule has 2 amide bonds. The number of benzene rings is 2. The molecule has 2 aromatic rings. The van der Waals surface area contributed by atoms with Crippen molar-refractivity contribution in [2.45, 2.75) is 32.9 Å². The molecule has 0 radical (unpaired) electrons. The lowest BCUT2D eigenvalue weighted by Crippen LogP contribution is -2.52. The molecule has 9 heteroatoms. The molecule has 0 aromatic heterocycles. The molecule has 0 heterocycles. The average Bonchev–Trinajstić information content (AvgIpc) is 2.72. The van der Waals surface area contributed by atoms with E-state index >= 15 is 0 Å². The number of carbonyl (C=O) groups excluding carboxylic acids is 2. The number of hydrogen-bond donors (Lipinski definition) is 1. The fourth-order valence-electron chi connectivity index (χ4n) is 3.21. The number of likely N-dealkylation sites (N-methyl/N-ethyl adjacent to an activating group) is 1. The Hall–Kier alpha value is -2.94. The Labute approximate surface area is 182 Å². The second-order valence-electron chi connectivity index (χ2n) is 7.07. The second-order valence-corrected chi connectivity index (χ2v) is 8.98. The van der Waals surface area contributed by atoms with Crippen molar-refractivity contribution < 1.29 is 22.4 Å². The molecule has 0 fully saturated rings. The summed E-state index contributed by atoms with van der Waals surface area (Å²) in [6.07, 6.45) is 1.34. The predicted molar refractivity (Wildman–Crippen MR) is 118 cm³/mol. The molecule has 2 rings (SSSR count). The summed E-state index contributed by atoms with van der Waals surface area (Å²) in [5.41, 5.74) is 0.981. The molecule has 0 saturated carbocycles. The van der Waals surface area contributed by atoms with Gasteiger partial charge in [0.25, 0.3) is 0 Å². The quantitative estimate of drug-likeness (QED) is 0.604. The Kier molecular flexibility index (Phi) is 8.56. The molecule has 0 saturated heterocycles. The van der Waals surface area contributed by atoms with Crippen LogP contribution in [0.1, 0.15) is 25.8 Å². The van der Waals surface area contributed by atoms with Crippen LogP contribution in [-0.4, -0.2) is 50.5 Å². The first kappa shape index (κ1) is 24.3. The third-order valence-corrected chi connectivity index (χ3v) is 5.87. The van der Waals surface area contributed by atoms with E-state index in [1.807, 2.05) is 30.3 Å². The minimum Gasteiger partial charge on any atom is -0.355 e. The van der Waals surface area contributed by atoms with Crippen LogP contribution in [0.4, 0.5) is 10.1 Å². The van der Waals surface area contributed by atoms with Gasteiger partial charge in [0.15, 0.2) is 0 Å². The Morgan fingerprint density at radius 1 is 1.03 bits per heavy atom. The van der Waals surface area contributed by atoms with Crippen molar-refractivity contribution in [1.29, 1.82) is 0 Å². The number of halogens is 1. The van der Waals surface area contributed by atoms with Gasteiger partial charge in [0.2, 0.25) is 21.8 Å². The average molecular weight is 450 g/mol. The maximum Gasteiger partial charge on any atom is 0.244 e. The van der Waals surface area contributed by atoms with E-state index in [1.165, 1.54) is 17.0 Å². The molecule has 0 bridgehead atoms. The number of anilines is 1. The fourth-order valence-corrected chi connectivity index (χ4v) is 4.06. The van der Waals surface area contributed by atoms with E-state index < -0.39 is 34.3 Å². The Morgan fingerprint density at radius 2 is 1.65 bits per heavy atom. The van der Waals surface area contributed by atoms with E-state index in [-0.39, 0.29) is 18.1 Å². The van der Waals surface area contributed by atoms with Crippen LogP contribution in [0.3, 0.4) is 0 Å². The van der Waals surface area contributed by atoms with Crippen molar-refractivity contribution in [2.75, 3.05) is 23.7 Å². The van der Waals surface area contributed by atoms with E-state index in [9.17, 15) is 22.4 Å². The van der Waals surface area contributed by atoms with Gasteiger partial charge in [-0.1, -0.05) is 37.3 Å².